The van der Waals surface area contributed by atoms with E-state index < -0.39 is 0 Å². The predicted molar refractivity (Wildman–Crippen MR) is 95.9 cm³/mol. The minimum Gasteiger partial charge on any atom is -0.284 e. The van der Waals surface area contributed by atoms with Gasteiger partial charge in [-0.3, -0.25) is 14.8 Å². The quantitative estimate of drug-likeness (QED) is 0.773. The molecule has 0 bridgehead atoms. The van der Waals surface area contributed by atoms with Gasteiger partial charge in [-0.15, -0.1) is 0 Å². The number of carbonyl (C=O) groups is 1. The molecule has 0 spiro atoms. The van der Waals surface area contributed by atoms with Gasteiger partial charge in [0.25, 0.3) is 0 Å². The molecule has 0 N–H and O–H groups in total. The molecule has 1 saturated heterocycles. The number of hydrogen-bond acceptors (Lipinski definition) is 3. The number of anilines is 1. The van der Waals surface area contributed by atoms with E-state index in [9.17, 15) is 4.79 Å². The Labute approximate surface area is 141 Å². The maximum atomic E-state index is 12.9. The molecular formula is C16H22ClN3OS. The van der Waals surface area contributed by atoms with Crippen LogP contribution in [0.15, 0.2) is 29.3 Å². The van der Waals surface area contributed by atoms with Gasteiger partial charge < -0.3 is 0 Å². The standard InChI is InChI=1S/C16H22ClN3OS/c1-11(2)20-14(18-16(3,4)5)22-10-19(15(20)21)13-8-6-7-12(17)9-13/h6-9,11H,10H2,1-5H3. The van der Waals surface area contributed by atoms with Crippen LogP contribution < -0.4 is 4.90 Å². The summed E-state index contributed by atoms with van der Waals surface area (Å²) in [5.41, 5.74) is 0.596. The van der Waals surface area contributed by atoms with E-state index in [0.29, 0.717) is 10.9 Å². The number of amidine groups is 1. The lowest BCUT2D eigenvalue weighted by Crippen LogP contribution is -2.53. The second kappa shape index (κ2) is 6.50. The van der Waals surface area contributed by atoms with Crippen molar-refractivity contribution in [1.82, 2.24) is 4.90 Å². The van der Waals surface area contributed by atoms with Crippen molar-refractivity contribution >= 4 is 40.2 Å². The van der Waals surface area contributed by atoms with Crippen LogP contribution in [0.1, 0.15) is 34.6 Å². The van der Waals surface area contributed by atoms with Crippen molar-refractivity contribution in [2.75, 3.05) is 10.8 Å². The van der Waals surface area contributed by atoms with Crippen molar-refractivity contribution in [2.45, 2.75) is 46.2 Å². The fourth-order valence-electron chi connectivity index (χ4n) is 2.10. The summed E-state index contributed by atoms with van der Waals surface area (Å²) in [7, 11) is 0. The van der Waals surface area contributed by atoms with E-state index in [4.69, 9.17) is 16.6 Å². The molecule has 1 aromatic carbocycles. The van der Waals surface area contributed by atoms with Gasteiger partial charge in [0.05, 0.1) is 11.4 Å². The molecule has 0 radical (unpaired) electrons. The van der Waals surface area contributed by atoms with Crippen molar-refractivity contribution in [3.63, 3.8) is 0 Å². The number of carbonyl (C=O) groups excluding carboxylic acids is 1. The van der Waals surface area contributed by atoms with Gasteiger partial charge in [-0.05, 0) is 52.8 Å². The highest BCUT2D eigenvalue weighted by molar-refractivity contribution is 8.14. The molecular weight excluding hydrogens is 318 g/mol. The Morgan fingerprint density at radius 1 is 1.32 bits per heavy atom. The number of halogens is 1. The van der Waals surface area contributed by atoms with Crippen LogP contribution in [-0.4, -0.2) is 33.6 Å². The van der Waals surface area contributed by atoms with Crippen LogP contribution in [0.2, 0.25) is 5.02 Å². The van der Waals surface area contributed by atoms with Crippen molar-refractivity contribution in [3.05, 3.63) is 29.3 Å². The average Bonchev–Trinajstić information content (AvgIpc) is 2.36. The molecule has 2 amide bonds. The summed E-state index contributed by atoms with van der Waals surface area (Å²) in [5, 5.41) is 1.41. The Bertz CT molecular complexity index is 595. The fourth-order valence-corrected chi connectivity index (χ4v) is 3.56. The smallest absolute Gasteiger partial charge is 0.284 e. The molecule has 4 nitrogen and oxygen atoms in total. The Hall–Kier alpha value is -1.20. The molecule has 0 aromatic heterocycles. The van der Waals surface area contributed by atoms with E-state index in [-0.39, 0.29) is 17.6 Å². The molecule has 6 heteroatoms. The molecule has 1 aliphatic rings. The molecule has 0 unspecified atom stereocenters. The predicted octanol–water partition coefficient (Wildman–Crippen LogP) is 4.84. The second-order valence-electron chi connectivity index (χ2n) is 6.49. The summed E-state index contributed by atoms with van der Waals surface area (Å²) in [5.74, 6) is 0.539. The lowest BCUT2D eigenvalue weighted by molar-refractivity contribution is 0.220. The van der Waals surface area contributed by atoms with Gasteiger partial charge in [-0.2, -0.15) is 0 Å². The molecule has 0 saturated carbocycles. The molecule has 22 heavy (non-hydrogen) atoms. The number of aliphatic imine (C=N–C) groups is 1. The monoisotopic (exact) mass is 339 g/mol. The van der Waals surface area contributed by atoms with Crippen LogP contribution >= 0.6 is 23.4 Å². The van der Waals surface area contributed by atoms with Crippen molar-refractivity contribution in [3.8, 4) is 0 Å². The molecule has 1 aromatic rings. The van der Waals surface area contributed by atoms with Crippen molar-refractivity contribution < 1.29 is 4.79 Å². The number of benzene rings is 1. The van der Waals surface area contributed by atoms with Gasteiger partial charge in [0.15, 0.2) is 5.17 Å². The maximum absolute atomic E-state index is 12.9. The first-order valence-corrected chi connectivity index (χ1v) is 8.64. The first kappa shape index (κ1) is 17.2. The zero-order chi connectivity index (χ0) is 16.5. The van der Waals surface area contributed by atoms with Gasteiger partial charge in [0.2, 0.25) is 0 Å². The number of amides is 2. The van der Waals surface area contributed by atoms with Gasteiger partial charge in [-0.25, -0.2) is 4.79 Å². The van der Waals surface area contributed by atoms with Crippen LogP contribution in [0.5, 0.6) is 0 Å². The lowest BCUT2D eigenvalue weighted by atomic mass is 10.1. The fraction of sp³-hybridized carbons (Fsp3) is 0.500. The van der Waals surface area contributed by atoms with Crippen LogP contribution in [0, 0.1) is 0 Å². The highest BCUT2D eigenvalue weighted by Gasteiger charge is 2.34. The van der Waals surface area contributed by atoms with Crippen molar-refractivity contribution in [1.29, 1.82) is 0 Å². The van der Waals surface area contributed by atoms with Crippen molar-refractivity contribution in [2.24, 2.45) is 4.99 Å². The Morgan fingerprint density at radius 3 is 2.55 bits per heavy atom. The van der Waals surface area contributed by atoms with Gasteiger partial charge in [-0.1, -0.05) is 29.4 Å². The normalized spacial score (nSPS) is 18.5. The maximum Gasteiger partial charge on any atom is 0.331 e. The lowest BCUT2D eigenvalue weighted by Gasteiger charge is -2.38. The van der Waals surface area contributed by atoms with Crippen LogP contribution in [0.25, 0.3) is 0 Å². The van der Waals surface area contributed by atoms with Gasteiger partial charge >= 0.3 is 6.03 Å². The zero-order valence-electron chi connectivity index (χ0n) is 13.6. The molecule has 120 valence electrons. The largest absolute Gasteiger partial charge is 0.331 e. The first-order valence-electron chi connectivity index (χ1n) is 7.28. The summed E-state index contributed by atoms with van der Waals surface area (Å²) in [6, 6.07) is 7.36. The first-order chi connectivity index (χ1) is 10.2. The third kappa shape index (κ3) is 3.96. The molecule has 2 rings (SSSR count). The highest BCUT2D eigenvalue weighted by Crippen LogP contribution is 2.30. The summed E-state index contributed by atoms with van der Waals surface area (Å²) in [4.78, 5) is 21.1. The molecule has 1 aliphatic heterocycles. The number of urea groups is 1. The molecule has 0 atom stereocenters. The SMILES string of the molecule is CC(C)N1C(=O)N(c2cccc(Cl)c2)CSC1=NC(C)(C)C. The number of nitrogens with zero attached hydrogens (tertiary/aromatic N) is 3. The van der Waals surface area contributed by atoms with Gasteiger partial charge in [0.1, 0.15) is 0 Å². The van der Waals surface area contributed by atoms with Crippen LogP contribution in [-0.2, 0) is 0 Å². The second-order valence-corrected chi connectivity index (χ2v) is 7.84. The van der Waals surface area contributed by atoms with Crippen LogP contribution in [0.3, 0.4) is 0 Å². The molecule has 1 fully saturated rings. The number of thioether (sulfide) groups is 1. The summed E-state index contributed by atoms with van der Waals surface area (Å²) < 4.78 is 0. The van der Waals surface area contributed by atoms with E-state index in [2.05, 4.69) is 0 Å². The van der Waals surface area contributed by atoms with E-state index >= 15 is 0 Å². The van der Waals surface area contributed by atoms with Gasteiger partial charge in [0, 0.05) is 16.8 Å². The summed E-state index contributed by atoms with van der Waals surface area (Å²) in [6.07, 6.45) is 0. The third-order valence-electron chi connectivity index (χ3n) is 3.03. The van der Waals surface area contributed by atoms with Crippen LogP contribution in [0.4, 0.5) is 10.5 Å². The Kier molecular flexibility index (Phi) is 5.07. The third-order valence-corrected chi connectivity index (χ3v) is 4.20. The minimum atomic E-state index is -0.214. The van der Waals surface area contributed by atoms with E-state index in [0.717, 1.165) is 10.9 Å². The molecule has 1 heterocycles. The Balaban J connectivity index is 2.35. The number of hydrogen-bond donors (Lipinski definition) is 0. The minimum absolute atomic E-state index is 0.0445. The highest BCUT2D eigenvalue weighted by atomic mass is 35.5. The summed E-state index contributed by atoms with van der Waals surface area (Å²) in [6.45, 7) is 10.1. The van der Waals surface area contributed by atoms with E-state index in [1.54, 1.807) is 27.6 Å². The Morgan fingerprint density at radius 2 is 2.00 bits per heavy atom. The number of rotatable bonds is 2. The zero-order valence-corrected chi connectivity index (χ0v) is 15.2. The van der Waals surface area contributed by atoms with E-state index in [1.807, 2.05) is 52.8 Å². The topological polar surface area (TPSA) is 35.9 Å². The average molecular weight is 340 g/mol. The summed E-state index contributed by atoms with van der Waals surface area (Å²) >= 11 is 7.62. The molecule has 0 aliphatic carbocycles. The van der Waals surface area contributed by atoms with E-state index in [1.165, 1.54) is 0 Å².